The first-order valence-electron chi connectivity index (χ1n) is 9.45. The fourth-order valence-electron chi connectivity index (χ4n) is 4.36. The van der Waals surface area contributed by atoms with E-state index in [-0.39, 0.29) is 42.6 Å². The molecule has 6 heterocycles. The quantitative estimate of drug-likeness (QED) is 0.662. The van der Waals surface area contributed by atoms with Gasteiger partial charge >= 0.3 is 6.18 Å². The topological polar surface area (TPSA) is 103 Å². The van der Waals surface area contributed by atoms with Crippen molar-refractivity contribution in [3.8, 4) is 5.95 Å². The van der Waals surface area contributed by atoms with Crippen LogP contribution in [0.25, 0.3) is 17.0 Å². The number of rotatable bonds is 3. The van der Waals surface area contributed by atoms with Gasteiger partial charge < -0.3 is 9.88 Å². The van der Waals surface area contributed by atoms with E-state index in [2.05, 4.69) is 20.1 Å². The molecule has 1 amide bonds. The number of aromatic amines is 2. The lowest BCUT2D eigenvalue weighted by atomic mass is 9.87. The van der Waals surface area contributed by atoms with Crippen molar-refractivity contribution in [3.63, 3.8) is 0 Å². The van der Waals surface area contributed by atoms with E-state index >= 15 is 0 Å². The lowest BCUT2D eigenvalue weighted by molar-refractivity contribution is -0.184. The highest BCUT2D eigenvalue weighted by molar-refractivity contribution is 5.95. The molecule has 158 valence electrons. The van der Waals surface area contributed by atoms with Gasteiger partial charge in [0.25, 0.3) is 11.5 Å². The number of hydrogen-bond donors (Lipinski definition) is 2. The molecule has 2 atom stereocenters. The number of carbonyl (C=O) groups is 1. The minimum atomic E-state index is -4.24. The predicted molar refractivity (Wildman–Crippen MR) is 99.4 cm³/mol. The van der Waals surface area contributed by atoms with Crippen molar-refractivity contribution < 1.29 is 18.0 Å². The molecule has 0 aromatic carbocycles. The fraction of sp³-hybridized carbons (Fsp3) is 0.444. The maximum atomic E-state index is 13.0. The Kier molecular flexibility index (Phi) is 4.04. The first-order chi connectivity index (χ1) is 14.2. The second kappa shape index (κ2) is 6.42. The molecule has 6 rings (SSSR count). The Hall–Kier alpha value is -3.15. The summed E-state index contributed by atoms with van der Waals surface area (Å²) in [5.41, 5.74) is 1.27. The Morgan fingerprint density at radius 2 is 2.03 bits per heavy atom. The summed E-state index contributed by atoms with van der Waals surface area (Å²) in [6.45, 7) is 1.24. The maximum absolute atomic E-state index is 13.0. The average molecular weight is 421 g/mol. The van der Waals surface area contributed by atoms with Crippen LogP contribution in [0.4, 0.5) is 13.2 Å². The summed E-state index contributed by atoms with van der Waals surface area (Å²) in [5, 5.41) is 4.19. The molecule has 9 nitrogen and oxygen atoms in total. The van der Waals surface area contributed by atoms with E-state index in [1.807, 2.05) is 0 Å². The molecule has 12 heteroatoms. The number of H-pyrrole nitrogens is 2. The molecule has 0 aliphatic carbocycles. The monoisotopic (exact) mass is 421 g/mol. The van der Waals surface area contributed by atoms with Crippen molar-refractivity contribution in [1.29, 1.82) is 0 Å². The molecule has 30 heavy (non-hydrogen) atoms. The third kappa shape index (κ3) is 2.98. The molecule has 0 saturated carbocycles. The SMILES string of the molecule is Cc1c(C(=O)N2CC3CC(C2)N3CC(F)(F)F)cnn1-c1nc2cc[nH]c2c(=O)[nH]1. The van der Waals surface area contributed by atoms with Gasteiger partial charge in [-0.3, -0.25) is 19.5 Å². The van der Waals surface area contributed by atoms with E-state index in [4.69, 9.17) is 0 Å². The number of amides is 1. The number of piperazine rings is 1. The number of aromatic nitrogens is 5. The zero-order chi connectivity index (χ0) is 21.2. The van der Waals surface area contributed by atoms with Gasteiger partial charge in [-0.1, -0.05) is 0 Å². The zero-order valence-corrected chi connectivity index (χ0v) is 15.9. The average Bonchev–Trinajstić information content (AvgIpc) is 3.32. The van der Waals surface area contributed by atoms with E-state index in [0.717, 1.165) is 0 Å². The molecule has 3 fully saturated rings. The summed E-state index contributed by atoms with van der Waals surface area (Å²) in [6.07, 6.45) is -0.580. The summed E-state index contributed by atoms with van der Waals surface area (Å²) in [7, 11) is 0. The molecular weight excluding hydrogens is 403 g/mol. The Bertz CT molecular complexity index is 1180. The standard InChI is InChI=1S/C18H18F3N7O2/c1-9-12(5-23-28(9)17-24-13-2-3-22-14(13)15(29)25-17)16(30)26-6-10-4-11(7-26)27(10)8-18(19,20)21/h2-3,5,10-11,22H,4,6-8H2,1H3,(H,24,25,29). The van der Waals surface area contributed by atoms with Gasteiger partial charge in [-0.2, -0.15) is 18.3 Å². The molecule has 3 saturated heterocycles. The number of nitrogens with one attached hydrogen (secondary N) is 2. The molecule has 3 aromatic heterocycles. The van der Waals surface area contributed by atoms with Gasteiger partial charge in [-0.05, 0) is 19.4 Å². The van der Waals surface area contributed by atoms with Crippen LogP contribution in [0.2, 0.25) is 0 Å². The van der Waals surface area contributed by atoms with Gasteiger partial charge in [0.1, 0.15) is 5.52 Å². The molecule has 2 unspecified atom stereocenters. The van der Waals surface area contributed by atoms with Crippen LogP contribution in [0.15, 0.2) is 23.3 Å². The first kappa shape index (κ1) is 18.9. The second-order valence-corrected chi connectivity index (χ2v) is 7.72. The van der Waals surface area contributed by atoms with Crippen molar-refractivity contribution >= 4 is 16.9 Å². The Morgan fingerprint density at radius 3 is 2.73 bits per heavy atom. The smallest absolute Gasteiger partial charge is 0.355 e. The van der Waals surface area contributed by atoms with Gasteiger partial charge in [0.2, 0.25) is 5.95 Å². The van der Waals surface area contributed by atoms with Gasteiger partial charge in [-0.25, -0.2) is 9.67 Å². The van der Waals surface area contributed by atoms with Crippen LogP contribution in [-0.2, 0) is 0 Å². The summed E-state index contributed by atoms with van der Waals surface area (Å²) in [5.74, 6) is -0.105. The van der Waals surface area contributed by atoms with Gasteiger partial charge in [0, 0.05) is 31.4 Å². The summed E-state index contributed by atoms with van der Waals surface area (Å²) >= 11 is 0. The third-order valence-electron chi connectivity index (χ3n) is 5.84. The largest absolute Gasteiger partial charge is 0.401 e. The Morgan fingerprint density at radius 1 is 1.30 bits per heavy atom. The van der Waals surface area contributed by atoms with Gasteiger partial charge in [-0.15, -0.1) is 0 Å². The minimum Gasteiger partial charge on any atom is -0.355 e. The number of nitrogens with zero attached hydrogens (tertiary/aromatic N) is 5. The molecule has 0 spiro atoms. The first-order valence-corrected chi connectivity index (χ1v) is 9.45. The van der Waals surface area contributed by atoms with E-state index in [1.54, 1.807) is 24.1 Å². The number of halogens is 3. The van der Waals surface area contributed by atoms with Crippen molar-refractivity contribution in [2.24, 2.45) is 0 Å². The van der Waals surface area contributed by atoms with Crippen molar-refractivity contribution in [2.45, 2.75) is 31.6 Å². The Labute approximate surface area is 167 Å². The van der Waals surface area contributed by atoms with Crippen LogP contribution >= 0.6 is 0 Å². The highest BCUT2D eigenvalue weighted by Gasteiger charge is 2.49. The molecule has 2 N–H and O–H groups in total. The van der Waals surface area contributed by atoms with Crippen LogP contribution < -0.4 is 5.56 Å². The van der Waals surface area contributed by atoms with Crippen LogP contribution in [0.5, 0.6) is 0 Å². The summed E-state index contributed by atoms with van der Waals surface area (Å²) in [4.78, 5) is 37.9. The van der Waals surface area contributed by atoms with Crippen molar-refractivity contribution in [1.82, 2.24) is 34.5 Å². The predicted octanol–water partition coefficient (Wildman–Crippen LogP) is 1.21. The fourth-order valence-corrected chi connectivity index (χ4v) is 4.36. The number of hydrogen-bond acceptors (Lipinski definition) is 5. The molecule has 3 aliphatic rings. The zero-order valence-electron chi connectivity index (χ0n) is 15.9. The van der Waals surface area contributed by atoms with E-state index < -0.39 is 12.7 Å². The van der Waals surface area contributed by atoms with Gasteiger partial charge in [0.05, 0.1) is 29.5 Å². The Balaban J connectivity index is 1.37. The summed E-state index contributed by atoms with van der Waals surface area (Å²) < 4.78 is 39.5. The summed E-state index contributed by atoms with van der Waals surface area (Å²) in [6, 6.07) is 1.10. The maximum Gasteiger partial charge on any atom is 0.401 e. The van der Waals surface area contributed by atoms with E-state index in [0.29, 0.717) is 28.7 Å². The normalized spacial score (nSPS) is 21.8. The highest BCUT2D eigenvalue weighted by Crippen LogP contribution is 2.35. The van der Waals surface area contributed by atoms with Crippen molar-refractivity contribution in [2.75, 3.05) is 19.6 Å². The molecule has 2 bridgehead atoms. The third-order valence-corrected chi connectivity index (χ3v) is 5.84. The number of piperidine rings is 1. The van der Waals surface area contributed by atoms with Crippen LogP contribution in [0.3, 0.4) is 0 Å². The van der Waals surface area contributed by atoms with E-state index in [9.17, 15) is 22.8 Å². The highest BCUT2D eigenvalue weighted by atomic mass is 19.4. The molecule has 3 aliphatic heterocycles. The molecule has 0 radical (unpaired) electrons. The molecular formula is C18H18F3N7O2. The second-order valence-electron chi connectivity index (χ2n) is 7.72. The van der Waals surface area contributed by atoms with Crippen molar-refractivity contribution in [3.05, 3.63) is 40.1 Å². The number of alkyl halides is 3. The van der Waals surface area contributed by atoms with Crippen LogP contribution in [-0.4, -0.2) is 78.3 Å². The van der Waals surface area contributed by atoms with Gasteiger partial charge in [0.15, 0.2) is 0 Å². The van der Waals surface area contributed by atoms with E-state index in [1.165, 1.54) is 15.8 Å². The lowest BCUT2D eigenvalue weighted by Gasteiger charge is -2.56. The minimum absolute atomic E-state index is 0.182. The lowest BCUT2D eigenvalue weighted by Crippen LogP contribution is -2.70. The number of carbonyl (C=O) groups excluding carboxylic acids is 1. The van der Waals surface area contributed by atoms with Crippen LogP contribution in [0, 0.1) is 6.92 Å². The molecule has 3 aromatic rings. The number of fused-ring (bicyclic) bond motifs is 3. The van der Waals surface area contributed by atoms with Crippen LogP contribution in [0.1, 0.15) is 22.5 Å².